The first-order chi connectivity index (χ1) is 9.92. The van der Waals surface area contributed by atoms with E-state index in [1.54, 1.807) is 35.6 Å². The van der Waals surface area contributed by atoms with Gasteiger partial charge in [0.05, 0.1) is 9.92 Å². The number of benzene rings is 1. The average molecular weight is 344 g/mol. The lowest BCUT2D eigenvalue weighted by Crippen LogP contribution is -2.35. The quantitative estimate of drug-likeness (QED) is 0.861. The van der Waals surface area contributed by atoms with Crippen molar-refractivity contribution in [2.24, 2.45) is 0 Å². The van der Waals surface area contributed by atoms with E-state index in [1.165, 1.54) is 0 Å². The smallest absolute Gasteiger partial charge is 0.208 e. The molecule has 2 rings (SSSR count). The Labute approximate surface area is 135 Å². The number of halogens is 1. The van der Waals surface area contributed by atoms with Crippen molar-refractivity contribution in [2.75, 3.05) is 0 Å². The van der Waals surface area contributed by atoms with Gasteiger partial charge in [-0.05, 0) is 43.3 Å². The van der Waals surface area contributed by atoms with Crippen molar-refractivity contribution in [3.63, 3.8) is 0 Å². The first-order valence-electron chi connectivity index (χ1n) is 6.73. The first kappa shape index (κ1) is 16.5. The van der Waals surface area contributed by atoms with Gasteiger partial charge in [-0.25, -0.2) is 13.1 Å². The molecular formula is C15H18ClNO2S2. The molecule has 0 bridgehead atoms. The van der Waals surface area contributed by atoms with Crippen molar-refractivity contribution in [2.45, 2.75) is 37.6 Å². The fraction of sp³-hybridized carbons (Fsp3) is 0.333. The molecule has 0 aliphatic carbocycles. The molecule has 0 fully saturated rings. The number of sulfonamides is 1. The second-order valence-corrected chi connectivity index (χ2v) is 8.06. The maximum absolute atomic E-state index is 12.4. The van der Waals surface area contributed by atoms with E-state index >= 15 is 0 Å². The van der Waals surface area contributed by atoms with Crippen LogP contribution >= 0.6 is 22.9 Å². The fourth-order valence-electron chi connectivity index (χ4n) is 1.97. The minimum absolute atomic E-state index is 0.160. The number of rotatable bonds is 6. The molecule has 0 saturated heterocycles. The molecule has 114 valence electrons. The Bertz CT molecular complexity index is 693. The van der Waals surface area contributed by atoms with Gasteiger partial charge in [-0.15, -0.1) is 11.3 Å². The van der Waals surface area contributed by atoms with Gasteiger partial charge in [0.2, 0.25) is 10.0 Å². The van der Waals surface area contributed by atoms with Crippen molar-refractivity contribution in [3.8, 4) is 0 Å². The predicted molar refractivity (Wildman–Crippen MR) is 88.6 cm³/mol. The lowest BCUT2D eigenvalue weighted by atomic mass is 10.1. The van der Waals surface area contributed by atoms with Gasteiger partial charge in [0.1, 0.15) is 0 Å². The number of hydrogen-bond donors (Lipinski definition) is 1. The van der Waals surface area contributed by atoms with Crippen LogP contribution in [0.3, 0.4) is 0 Å². The van der Waals surface area contributed by atoms with Crippen LogP contribution in [0.4, 0.5) is 0 Å². The van der Waals surface area contributed by atoms with E-state index in [1.807, 2.05) is 25.3 Å². The zero-order valence-corrected chi connectivity index (χ0v) is 14.4. The number of hydrogen-bond acceptors (Lipinski definition) is 3. The summed E-state index contributed by atoms with van der Waals surface area (Å²) in [7, 11) is -3.49. The van der Waals surface area contributed by atoms with E-state index in [-0.39, 0.29) is 6.04 Å². The van der Waals surface area contributed by atoms with Gasteiger partial charge in [-0.1, -0.05) is 36.2 Å². The third kappa shape index (κ3) is 4.30. The lowest BCUT2D eigenvalue weighted by Gasteiger charge is -2.16. The summed E-state index contributed by atoms with van der Waals surface area (Å²) in [6, 6.07) is 8.53. The van der Waals surface area contributed by atoms with Crippen LogP contribution < -0.4 is 4.72 Å². The molecule has 0 aliphatic rings. The molecule has 6 heteroatoms. The molecule has 2 aromatic rings. The maximum Gasteiger partial charge on any atom is 0.240 e. The number of thiophene rings is 1. The Morgan fingerprint density at radius 2 is 1.90 bits per heavy atom. The van der Waals surface area contributed by atoms with E-state index in [2.05, 4.69) is 4.72 Å². The molecule has 1 atom stereocenters. The molecule has 1 aromatic heterocycles. The summed E-state index contributed by atoms with van der Waals surface area (Å²) in [5.41, 5.74) is 1.03. The van der Waals surface area contributed by atoms with Gasteiger partial charge in [-0.2, -0.15) is 0 Å². The fourth-order valence-corrected chi connectivity index (χ4v) is 4.48. The monoisotopic (exact) mass is 343 g/mol. The third-order valence-corrected chi connectivity index (χ3v) is 6.21. The second kappa shape index (κ2) is 6.92. The first-order valence-corrected chi connectivity index (χ1v) is 9.47. The normalized spacial score (nSPS) is 13.3. The highest BCUT2D eigenvalue weighted by molar-refractivity contribution is 7.89. The molecule has 3 nitrogen and oxygen atoms in total. The standard InChI is InChI=1S/C15H18ClNO2S2/c1-3-12(10-15-14(16)8-9-20-15)17-21(18,19)13-6-4-11(2)5-7-13/h4-9,12,17H,3,10H2,1-2H3. The maximum atomic E-state index is 12.4. The summed E-state index contributed by atoms with van der Waals surface area (Å²) in [5.74, 6) is 0. The SMILES string of the molecule is CCC(Cc1sccc1Cl)NS(=O)(=O)c1ccc(C)cc1. The Morgan fingerprint density at radius 1 is 1.24 bits per heavy atom. The Hall–Kier alpha value is -0.880. The molecule has 0 spiro atoms. The minimum Gasteiger partial charge on any atom is -0.208 e. The summed E-state index contributed by atoms with van der Waals surface area (Å²) < 4.78 is 27.5. The number of aryl methyl sites for hydroxylation is 1. The molecule has 21 heavy (non-hydrogen) atoms. The molecule has 1 aromatic carbocycles. The summed E-state index contributed by atoms with van der Waals surface area (Å²) in [5, 5.41) is 2.62. The van der Waals surface area contributed by atoms with Crippen LogP contribution in [0.25, 0.3) is 0 Å². The summed E-state index contributed by atoms with van der Waals surface area (Å²) in [6.45, 7) is 3.89. The Morgan fingerprint density at radius 3 is 2.43 bits per heavy atom. The van der Waals surface area contributed by atoms with E-state index in [0.29, 0.717) is 22.8 Å². The van der Waals surface area contributed by atoms with Gasteiger partial charge in [0, 0.05) is 10.9 Å². The zero-order valence-electron chi connectivity index (χ0n) is 12.0. The highest BCUT2D eigenvalue weighted by atomic mass is 35.5. The molecule has 1 unspecified atom stereocenters. The van der Waals surface area contributed by atoms with Gasteiger partial charge in [0.25, 0.3) is 0 Å². The van der Waals surface area contributed by atoms with Crippen LogP contribution in [0.15, 0.2) is 40.6 Å². The van der Waals surface area contributed by atoms with Crippen molar-refractivity contribution in [1.29, 1.82) is 0 Å². The van der Waals surface area contributed by atoms with Gasteiger partial charge >= 0.3 is 0 Å². The van der Waals surface area contributed by atoms with Gasteiger partial charge < -0.3 is 0 Å². The molecule has 0 radical (unpaired) electrons. The number of nitrogens with one attached hydrogen (secondary N) is 1. The van der Waals surface area contributed by atoms with E-state index in [0.717, 1.165) is 10.4 Å². The zero-order chi connectivity index (χ0) is 15.5. The van der Waals surface area contributed by atoms with E-state index < -0.39 is 10.0 Å². The van der Waals surface area contributed by atoms with Gasteiger partial charge in [0.15, 0.2) is 0 Å². The molecular weight excluding hydrogens is 326 g/mol. The van der Waals surface area contributed by atoms with Crippen molar-refractivity contribution < 1.29 is 8.42 Å². The van der Waals surface area contributed by atoms with E-state index in [4.69, 9.17) is 11.6 Å². The molecule has 0 amide bonds. The average Bonchev–Trinajstić information content (AvgIpc) is 2.83. The Kier molecular flexibility index (Phi) is 5.43. The summed E-state index contributed by atoms with van der Waals surface area (Å²) in [6.07, 6.45) is 1.32. The summed E-state index contributed by atoms with van der Waals surface area (Å²) in [4.78, 5) is 1.30. The molecule has 0 aliphatic heterocycles. The minimum atomic E-state index is -3.49. The van der Waals surface area contributed by atoms with Crippen LogP contribution in [-0.2, 0) is 16.4 Å². The lowest BCUT2D eigenvalue weighted by molar-refractivity contribution is 0.538. The molecule has 1 N–H and O–H groups in total. The topological polar surface area (TPSA) is 46.2 Å². The third-order valence-electron chi connectivity index (χ3n) is 3.27. The van der Waals surface area contributed by atoms with Crippen molar-refractivity contribution in [3.05, 3.63) is 51.2 Å². The van der Waals surface area contributed by atoms with Crippen molar-refractivity contribution >= 4 is 33.0 Å². The second-order valence-electron chi connectivity index (χ2n) is 4.94. The van der Waals surface area contributed by atoms with E-state index in [9.17, 15) is 8.42 Å². The highest BCUT2D eigenvalue weighted by Gasteiger charge is 2.20. The molecule has 1 heterocycles. The largest absolute Gasteiger partial charge is 0.240 e. The van der Waals surface area contributed by atoms with Crippen LogP contribution in [0, 0.1) is 6.92 Å². The Balaban J connectivity index is 2.13. The predicted octanol–water partition coefficient (Wildman–Crippen LogP) is 4.01. The molecule has 0 saturated carbocycles. The van der Waals surface area contributed by atoms with Crippen LogP contribution in [-0.4, -0.2) is 14.5 Å². The highest BCUT2D eigenvalue weighted by Crippen LogP contribution is 2.24. The van der Waals surface area contributed by atoms with Crippen LogP contribution in [0.2, 0.25) is 5.02 Å². The van der Waals surface area contributed by atoms with Crippen molar-refractivity contribution in [1.82, 2.24) is 4.72 Å². The van der Waals surface area contributed by atoms with Crippen LogP contribution in [0.5, 0.6) is 0 Å². The van der Waals surface area contributed by atoms with Gasteiger partial charge in [-0.3, -0.25) is 0 Å². The van der Waals surface area contributed by atoms with Crippen LogP contribution in [0.1, 0.15) is 23.8 Å². The summed E-state index contributed by atoms with van der Waals surface area (Å²) >= 11 is 7.63.